The highest BCUT2D eigenvalue weighted by molar-refractivity contribution is 7.92. The van der Waals surface area contributed by atoms with E-state index in [1.165, 1.54) is 24.3 Å². The molecule has 2 rings (SSSR count). The van der Waals surface area contributed by atoms with Gasteiger partial charge < -0.3 is 0 Å². The molecule has 5 heteroatoms. The predicted molar refractivity (Wildman–Crippen MR) is 76.3 cm³/mol. The SMILES string of the molecule is C#Cc1cccc(NS(=O)(=O)c2ccc(C#N)cc2)c1. The maximum Gasteiger partial charge on any atom is 0.261 e. The Kier molecular flexibility index (Phi) is 3.74. The van der Waals surface area contributed by atoms with E-state index in [4.69, 9.17) is 11.7 Å². The molecule has 0 aromatic heterocycles. The van der Waals surface area contributed by atoms with Crippen molar-refractivity contribution in [2.45, 2.75) is 4.90 Å². The molecule has 0 saturated heterocycles. The number of sulfonamides is 1. The molecule has 4 nitrogen and oxygen atoms in total. The smallest absolute Gasteiger partial charge is 0.261 e. The molecule has 0 saturated carbocycles. The zero-order valence-corrected chi connectivity index (χ0v) is 11.2. The summed E-state index contributed by atoms with van der Waals surface area (Å²) >= 11 is 0. The molecule has 0 radical (unpaired) electrons. The minimum absolute atomic E-state index is 0.0858. The third kappa shape index (κ3) is 2.97. The van der Waals surface area contributed by atoms with Crippen molar-refractivity contribution in [3.63, 3.8) is 0 Å². The van der Waals surface area contributed by atoms with Crippen molar-refractivity contribution < 1.29 is 8.42 Å². The number of hydrogen-bond donors (Lipinski definition) is 1. The lowest BCUT2D eigenvalue weighted by molar-refractivity contribution is 0.601. The Morgan fingerprint density at radius 2 is 1.75 bits per heavy atom. The largest absolute Gasteiger partial charge is 0.280 e. The lowest BCUT2D eigenvalue weighted by atomic mass is 10.2. The van der Waals surface area contributed by atoms with Crippen LogP contribution in [-0.2, 0) is 10.0 Å². The van der Waals surface area contributed by atoms with Crippen LogP contribution < -0.4 is 4.72 Å². The monoisotopic (exact) mass is 282 g/mol. The molecule has 0 bridgehead atoms. The van der Waals surface area contributed by atoms with E-state index in [9.17, 15) is 8.42 Å². The maximum atomic E-state index is 12.2. The molecule has 0 fully saturated rings. The van der Waals surface area contributed by atoms with Crippen LogP contribution in [-0.4, -0.2) is 8.42 Å². The summed E-state index contributed by atoms with van der Waals surface area (Å²) in [6.07, 6.45) is 5.27. The number of benzene rings is 2. The second kappa shape index (κ2) is 5.48. The molecular weight excluding hydrogens is 272 g/mol. The fourth-order valence-electron chi connectivity index (χ4n) is 1.60. The normalized spacial score (nSPS) is 10.3. The number of nitrogens with one attached hydrogen (secondary N) is 1. The first-order valence-electron chi connectivity index (χ1n) is 5.65. The second-order valence-corrected chi connectivity index (χ2v) is 5.65. The third-order valence-electron chi connectivity index (χ3n) is 2.58. The van der Waals surface area contributed by atoms with Crippen molar-refractivity contribution in [1.29, 1.82) is 5.26 Å². The minimum atomic E-state index is -3.69. The van der Waals surface area contributed by atoms with E-state index in [1.54, 1.807) is 24.3 Å². The lowest BCUT2D eigenvalue weighted by Crippen LogP contribution is -2.12. The van der Waals surface area contributed by atoms with Gasteiger partial charge in [0.15, 0.2) is 0 Å². The zero-order chi connectivity index (χ0) is 14.6. The van der Waals surface area contributed by atoms with E-state index in [-0.39, 0.29) is 4.90 Å². The molecule has 0 aliphatic rings. The Balaban J connectivity index is 2.31. The fraction of sp³-hybridized carbons (Fsp3) is 0. The highest BCUT2D eigenvalue weighted by Crippen LogP contribution is 2.17. The Morgan fingerprint density at radius 3 is 2.35 bits per heavy atom. The summed E-state index contributed by atoms with van der Waals surface area (Å²) in [7, 11) is -3.69. The number of hydrogen-bond acceptors (Lipinski definition) is 3. The standard InChI is InChI=1S/C15H10N2O2S/c1-2-12-4-3-5-14(10-12)17-20(18,19)15-8-6-13(11-16)7-9-15/h1,3-10,17H. The summed E-state index contributed by atoms with van der Waals surface area (Å²) in [6.45, 7) is 0. The number of anilines is 1. The first kappa shape index (κ1) is 13.7. The van der Waals surface area contributed by atoms with Crippen molar-refractivity contribution in [3.8, 4) is 18.4 Å². The summed E-state index contributed by atoms with van der Waals surface area (Å²) in [5, 5.41) is 8.69. The van der Waals surface area contributed by atoms with Gasteiger partial charge in [0.05, 0.1) is 22.2 Å². The topological polar surface area (TPSA) is 70.0 Å². The highest BCUT2D eigenvalue weighted by Gasteiger charge is 2.14. The van der Waals surface area contributed by atoms with Crippen LogP contribution in [0, 0.1) is 23.7 Å². The summed E-state index contributed by atoms with van der Waals surface area (Å²) < 4.78 is 26.8. The average molecular weight is 282 g/mol. The molecule has 2 aromatic rings. The summed E-state index contributed by atoms with van der Waals surface area (Å²) in [4.78, 5) is 0.0858. The molecule has 0 aliphatic heterocycles. The Hall–Kier alpha value is -2.76. The van der Waals surface area contributed by atoms with Crippen LogP contribution in [0.15, 0.2) is 53.4 Å². The molecule has 0 unspecified atom stereocenters. The molecule has 0 spiro atoms. The summed E-state index contributed by atoms with van der Waals surface area (Å²) in [5.41, 5.74) is 1.38. The summed E-state index contributed by atoms with van der Waals surface area (Å²) in [6, 6.07) is 14.2. The van der Waals surface area contributed by atoms with Crippen LogP contribution in [0.1, 0.15) is 11.1 Å². The van der Waals surface area contributed by atoms with Gasteiger partial charge >= 0.3 is 0 Å². The Labute approximate surface area is 117 Å². The first-order valence-corrected chi connectivity index (χ1v) is 7.13. The van der Waals surface area contributed by atoms with Crippen LogP contribution in [0.25, 0.3) is 0 Å². The van der Waals surface area contributed by atoms with Crippen molar-refractivity contribution in [2.75, 3.05) is 4.72 Å². The van der Waals surface area contributed by atoms with Crippen LogP contribution >= 0.6 is 0 Å². The van der Waals surface area contributed by atoms with E-state index >= 15 is 0 Å². The van der Waals surface area contributed by atoms with Gasteiger partial charge in [-0.25, -0.2) is 8.42 Å². The van der Waals surface area contributed by atoms with E-state index in [2.05, 4.69) is 10.6 Å². The van der Waals surface area contributed by atoms with Gasteiger partial charge in [-0.05, 0) is 42.5 Å². The van der Waals surface area contributed by atoms with Gasteiger partial charge in [0, 0.05) is 5.56 Å². The third-order valence-corrected chi connectivity index (χ3v) is 3.97. The van der Waals surface area contributed by atoms with Crippen molar-refractivity contribution in [1.82, 2.24) is 0 Å². The molecule has 0 aliphatic carbocycles. The van der Waals surface area contributed by atoms with Crippen molar-refractivity contribution in [3.05, 3.63) is 59.7 Å². The van der Waals surface area contributed by atoms with Crippen molar-refractivity contribution in [2.24, 2.45) is 0 Å². The van der Waals surface area contributed by atoms with Gasteiger partial charge in [0.2, 0.25) is 0 Å². The second-order valence-electron chi connectivity index (χ2n) is 3.97. The molecule has 2 aromatic carbocycles. The van der Waals surface area contributed by atoms with Crippen LogP contribution in [0.2, 0.25) is 0 Å². The predicted octanol–water partition coefficient (Wildman–Crippen LogP) is 2.34. The van der Waals surface area contributed by atoms with Crippen LogP contribution in [0.5, 0.6) is 0 Å². The van der Waals surface area contributed by atoms with E-state index in [1.807, 2.05) is 6.07 Å². The number of rotatable bonds is 3. The minimum Gasteiger partial charge on any atom is -0.280 e. The lowest BCUT2D eigenvalue weighted by Gasteiger charge is -2.08. The Bertz CT molecular complexity index is 810. The van der Waals surface area contributed by atoms with E-state index in [0.29, 0.717) is 16.8 Å². The molecular formula is C15H10N2O2S. The highest BCUT2D eigenvalue weighted by atomic mass is 32.2. The number of nitrogens with zero attached hydrogens (tertiary/aromatic N) is 1. The molecule has 0 heterocycles. The van der Waals surface area contributed by atoms with Gasteiger partial charge in [-0.15, -0.1) is 6.42 Å². The number of terminal acetylenes is 1. The van der Waals surface area contributed by atoms with Crippen LogP contribution in [0.3, 0.4) is 0 Å². The average Bonchev–Trinajstić information content (AvgIpc) is 2.47. The molecule has 20 heavy (non-hydrogen) atoms. The van der Waals surface area contributed by atoms with Gasteiger partial charge in [0.1, 0.15) is 0 Å². The number of nitriles is 1. The van der Waals surface area contributed by atoms with E-state index < -0.39 is 10.0 Å². The quantitative estimate of drug-likeness (QED) is 0.878. The molecule has 98 valence electrons. The molecule has 0 atom stereocenters. The van der Waals surface area contributed by atoms with Gasteiger partial charge in [0.25, 0.3) is 10.0 Å². The van der Waals surface area contributed by atoms with Crippen LogP contribution in [0.4, 0.5) is 5.69 Å². The maximum absolute atomic E-state index is 12.2. The molecule has 1 N–H and O–H groups in total. The zero-order valence-electron chi connectivity index (χ0n) is 10.4. The van der Waals surface area contributed by atoms with E-state index in [0.717, 1.165) is 0 Å². The van der Waals surface area contributed by atoms with Gasteiger partial charge in [-0.1, -0.05) is 12.0 Å². The fourth-order valence-corrected chi connectivity index (χ4v) is 2.64. The molecule has 0 amide bonds. The van der Waals surface area contributed by atoms with Crippen molar-refractivity contribution >= 4 is 15.7 Å². The van der Waals surface area contributed by atoms with Gasteiger partial charge in [-0.3, -0.25) is 4.72 Å². The first-order chi connectivity index (χ1) is 9.55. The summed E-state index contributed by atoms with van der Waals surface area (Å²) in [5.74, 6) is 2.44. The van der Waals surface area contributed by atoms with Gasteiger partial charge in [-0.2, -0.15) is 5.26 Å². The Morgan fingerprint density at radius 1 is 1.05 bits per heavy atom.